The highest BCUT2D eigenvalue weighted by Gasteiger charge is 2.36. The van der Waals surface area contributed by atoms with E-state index in [0.717, 1.165) is 6.42 Å². The number of rotatable bonds is 3. The molecule has 0 bridgehead atoms. The van der Waals surface area contributed by atoms with Crippen molar-refractivity contribution in [3.8, 4) is 0 Å². The highest BCUT2D eigenvalue weighted by Crippen LogP contribution is 2.48. The van der Waals surface area contributed by atoms with Gasteiger partial charge < -0.3 is 9.63 Å². The fourth-order valence-corrected chi connectivity index (χ4v) is 3.06. The molecule has 0 aromatic rings. The zero-order valence-electron chi connectivity index (χ0n) is 9.88. The van der Waals surface area contributed by atoms with Crippen molar-refractivity contribution in [3.05, 3.63) is 0 Å². The van der Waals surface area contributed by atoms with E-state index in [-0.39, 0.29) is 12.2 Å². The van der Waals surface area contributed by atoms with Crippen LogP contribution in [0.1, 0.15) is 20.3 Å². The molecule has 0 spiro atoms. The van der Waals surface area contributed by atoms with Crippen molar-refractivity contribution < 1.29 is 14.2 Å². The standard InChI is InChI=1S/C9H21N2O3P/c1-5-9-7-11(6-8(2)14-9)15(12,13)10(3)4/h8-9H,5-7H2,1-4H3,(H,12,13). The van der Waals surface area contributed by atoms with Gasteiger partial charge in [-0.1, -0.05) is 6.92 Å². The average Bonchev–Trinajstić information content (AvgIpc) is 2.16. The lowest BCUT2D eigenvalue weighted by Gasteiger charge is -2.39. The van der Waals surface area contributed by atoms with E-state index in [0.29, 0.717) is 13.1 Å². The maximum atomic E-state index is 12.0. The lowest BCUT2D eigenvalue weighted by atomic mass is 10.2. The van der Waals surface area contributed by atoms with Crippen molar-refractivity contribution in [3.63, 3.8) is 0 Å². The molecule has 0 aromatic heterocycles. The van der Waals surface area contributed by atoms with Gasteiger partial charge in [0.2, 0.25) is 0 Å². The predicted molar refractivity (Wildman–Crippen MR) is 59.7 cm³/mol. The van der Waals surface area contributed by atoms with Gasteiger partial charge in [0.1, 0.15) is 0 Å². The number of nitrogens with zero attached hydrogens (tertiary/aromatic N) is 2. The first-order valence-corrected chi connectivity index (χ1v) is 6.86. The zero-order valence-corrected chi connectivity index (χ0v) is 10.8. The third kappa shape index (κ3) is 3.02. The van der Waals surface area contributed by atoms with Gasteiger partial charge in [0.05, 0.1) is 12.2 Å². The summed E-state index contributed by atoms with van der Waals surface area (Å²) in [6.07, 6.45) is 0.951. The quantitative estimate of drug-likeness (QED) is 0.745. The molecule has 0 aliphatic carbocycles. The Kier molecular flexibility index (Phi) is 4.32. The molecule has 1 N–H and O–H groups in total. The number of hydrogen-bond acceptors (Lipinski definition) is 2. The molecule has 1 fully saturated rings. The third-order valence-corrected chi connectivity index (χ3v) is 4.76. The van der Waals surface area contributed by atoms with Crippen LogP contribution in [0.25, 0.3) is 0 Å². The summed E-state index contributed by atoms with van der Waals surface area (Å²) < 4.78 is 20.7. The van der Waals surface area contributed by atoms with E-state index in [4.69, 9.17) is 4.74 Å². The molecule has 5 nitrogen and oxygen atoms in total. The summed E-state index contributed by atoms with van der Waals surface area (Å²) >= 11 is 0. The minimum atomic E-state index is -3.34. The highest BCUT2D eigenvalue weighted by atomic mass is 31.2. The maximum absolute atomic E-state index is 12.0. The number of ether oxygens (including phenoxy) is 1. The first-order valence-electron chi connectivity index (χ1n) is 5.29. The molecule has 1 aliphatic heterocycles. The van der Waals surface area contributed by atoms with Gasteiger partial charge in [-0.3, -0.25) is 4.57 Å². The number of morpholine rings is 1. The van der Waals surface area contributed by atoms with Crippen LogP contribution in [-0.4, -0.2) is 53.6 Å². The second-order valence-electron chi connectivity index (χ2n) is 4.21. The molecule has 3 atom stereocenters. The molecular formula is C9H21N2O3P. The van der Waals surface area contributed by atoms with Crippen LogP contribution in [0.2, 0.25) is 0 Å². The molecule has 1 aliphatic rings. The molecular weight excluding hydrogens is 215 g/mol. The second-order valence-corrected chi connectivity index (χ2v) is 6.60. The fraction of sp³-hybridized carbons (Fsp3) is 1.00. The summed E-state index contributed by atoms with van der Waals surface area (Å²) in [6, 6.07) is 0. The summed E-state index contributed by atoms with van der Waals surface area (Å²) in [5.41, 5.74) is 0. The van der Waals surface area contributed by atoms with Crippen molar-refractivity contribution in [2.45, 2.75) is 32.5 Å². The first-order chi connectivity index (χ1) is 6.87. The molecule has 6 heteroatoms. The molecule has 0 saturated carbocycles. The third-order valence-electron chi connectivity index (χ3n) is 2.65. The smallest absolute Gasteiger partial charge is 0.343 e. The van der Waals surface area contributed by atoms with Crippen LogP contribution in [0.4, 0.5) is 0 Å². The van der Waals surface area contributed by atoms with Gasteiger partial charge >= 0.3 is 7.67 Å². The highest BCUT2D eigenvalue weighted by molar-refractivity contribution is 7.52. The van der Waals surface area contributed by atoms with Crippen LogP contribution < -0.4 is 0 Å². The average molecular weight is 236 g/mol. The van der Waals surface area contributed by atoms with E-state index in [1.54, 1.807) is 18.8 Å². The van der Waals surface area contributed by atoms with Crippen LogP contribution in [0.3, 0.4) is 0 Å². The van der Waals surface area contributed by atoms with Gasteiger partial charge in [-0.15, -0.1) is 0 Å². The summed E-state index contributed by atoms with van der Waals surface area (Å²) in [7, 11) is -0.0874. The lowest BCUT2D eigenvalue weighted by molar-refractivity contribution is -0.0592. The molecule has 15 heavy (non-hydrogen) atoms. The molecule has 1 heterocycles. The number of hydrogen-bond donors (Lipinski definition) is 1. The molecule has 1 saturated heterocycles. The van der Waals surface area contributed by atoms with E-state index in [1.165, 1.54) is 4.67 Å². The van der Waals surface area contributed by atoms with Crippen molar-refractivity contribution in [1.82, 2.24) is 9.34 Å². The van der Waals surface area contributed by atoms with Gasteiger partial charge in [0.15, 0.2) is 0 Å². The van der Waals surface area contributed by atoms with E-state index < -0.39 is 7.67 Å². The summed E-state index contributed by atoms with van der Waals surface area (Å²) in [6.45, 7) is 5.01. The Morgan fingerprint density at radius 3 is 2.60 bits per heavy atom. The van der Waals surface area contributed by atoms with Crippen LogP contribution in [-0.2, 0) is 9.30 Å². The van der Waals surface area contributed by atoms with E-state index in [9.17, 15) is 9.46 Å². The topological polar surface area (TPSA) is 53.0 Å². The Hall–Kier alpha value is 0.0700. The predicted octanol–water partition coefficient (Wildman–Crippen LogP) is 1.15. The fourth-order valence-electron chi connectivity index (χ4n) is 1.71. The Morgan fingerprint density at radius 1 is 1.53 bits per heavy atom. The van der Waals surface area contributed by atoms with Crippen LogP contribution in [0, 0.1) is 0 Å². The van der Waals surface area contributed by atoms with Gasteiger partial charge in [-0.05, 0) is 27.4 Å². The normalized spacial score (nSPS) is 32.9. The van der Waals surface area contributed by atoms with Crippen LogP contribution in [0.5, 0.6) is 0 Å². The van der Waals surface area contributed by atoms with Crippen LogP contribution >= 0.6 is 7.67 Å². The Labute approximate surface area is 91.6 Å². The van der Waals surface area contributed by atoms with Gasteiger partial charge in [-0.2, -0.15) is 0 Å². The van der Waals surface area contributed by atoms with Crippen molar-refractivity contribution >= 4 is 7.67 Å². The first kappa shape index (κ1) is 13.1. The van der Waals surface area contributed by atoms with Gasteiger partial charge in [0.25, 0.3) is 0 Å². The zero-order chi connectivity index (χ0) is 11.6. The van der Waals surface area contributed by atoms with Crippen LogP contribution in [0.15, 0.2) is 0 Å². The largest absolute Gasteiger partial charge is 0.373 e. The van der Waals surface area contributed by atoms with Crippen molar-refractivity contribution in [1.29, 1.82) is 0 Å². The minimum absolute atomic E-state index is 0.0177. The van der Waals surface area contributed by atoms with Gasteiger partial charge in [-0.25, -0.2) is 9.34 Å². The van der Waals surface area contributed by atoms with E-state index in [1.807, 2.05) is 13.8 Å². The Morgan fingerprint density at radius 2 is 2.13 bits per heavy atom. The summed E-state index contributed by atoms with van der Waals surface area (Å²) in [5, 5.41) is 0. The summed E-state index contributed by atoms with van der Waals surface area (Å²) in [5.74, 6) is 0. The second kappa shape index (κ2) is 4.93. The Bertz CT molecular complexity index is 260. The van der Waals surface area contributed by atoms with Crippen molar-refractivity contribution in [2.75, 3.05) is 27.2 Å². The molecule has 90 valence electrons. The van der Waals surface area contributed by atoms with Crippen molar-refractivity contribution in [2.24, 2.45) is 0 Å². The maximum Gasteiger partial charge on any atom is 0.343 e. The minimum Gasteiger partial charge on any atom is -0.373 e. The van der Waals surface area contributed by atoms with Gasteiger partial charge in [0, 0.05) is 13.1 Å². The Balaban J connectivity index is 2.73. The monoisotopic (exact) mass is 236 g/mol. The lowest BCUT2D eigenvalue weighted by Crippen LogP contribution is -2.46. The molecule has 0 aromatic carbocycles. The van der Waals surface area contributed by atoms with E-state index >= 15 is 0 Å². The van der Waals surface area contributed by atoms with E-state index in [2.05, 4.69) is 0 Å². The molecule has 0 amide bonds. The summed E-state index contributed by atoms with van der Waals surface area (Å²) in [4.78, 5) is 9.90. The SMILES string of the molecule is CCC1CN(P(=O)(O)N(C)C)CC(C)O1. The molecule has 1 rings (SSSR count). The molecule has 3 unspecified atom stereocenters. The molecule has 0 radical (unpaired) electrons.